The highest BCUT2D eigenvalue weighted by Gasteiger charge is 2.26. The van der Waals surface area contributed by atoms with Gasteiger partial charge in [-0.1, -0.05) is 32.0 Å². The second kappa shape index (κ2) is 8.58. The molecule has 2 atom stereocenters. The molecule has 1 N–H and O–H groups in total. The Balaban J connectivity index is 1.37. The summed E-state index contributed by atoms with van der Waals surface area (Å²) in [7, 11) is 0. The zero-order valence-corrected chi connectivity index (χ0v) is 19.0. The summed E-state index contributed by atoms with van der Waals surface area (Å²) in [5.74, 6) is 1.30. The molecule has 0 saturated carbocycles. The Morgan fingerprint density at radius 1 is 1.03 bits per heavy atom. The predicted octanol–water partition coefficient (Wildman–Crippen LogP) is 4.75. The molecule has 0 bridgehead atoms. The molecule has 2 unspecified atom stereocenters. The van der Waals surface area contributed by atoms with E-state index in [2.05, 4.69) is 52.5 Å². The molecule has 1 aliphatic heterocycles. The number of benzene rings is 1. The topological polar surface area (TPSA) is 84.5 Å². The molecule has 3 aromatic heterocycles. The zero-order chi connectivity index (χ0) is 22.9. The second-order valence-electron chi connectivity index (χ2n) is 8.56. The summed E-state index contributed by atoms with van der Waals surface area (Å²) < 4.78 is 1.86. The molecular formula is C26H26N6O. The largest absolute Gasteiger partial charge is 0.352 e. The van der Waals surface area contributed by atoms with Crippen LogP contribution in [-0.2, 0) is 0 Å². The quantitative estimate of drug-likeness (QED) is 0.487. The summed E-state index contributed by atoms with van der Waals surface area (Å²) in [5.41, 5.74) is 6.39. The van der Waals surface area contributed by atoms with Gasteiger partial charge in [-0.3, -0.25) is 19.2 Å². The lowest BCUT2D eigenvalue weighted by molar-refractivity contribution is 0.0956. The lowest BCUT2D eigenvalue weighted by atomic mass is 9.81. The number of fused-ring (bicyclic) bond motifs is 2. The van der Waals surface area contributed by atoms with Crippen molar-refractivity contribution < 1.29 is 4.79 Å². The van der Waals surface area contributed by atoms with Crippen LogP contribution in [0.1, 0.15) is 47.9 Å². The fourth-order valence-corrected chi connectivity index (χ4v) is 4.45. The van der Waals surface area contributed by atoms with Crippen LogP contribution in [0.2, 0.25) is 0 Å². The van der Waals surface area contributed by atoms with E-state index in [0.717, 1.165) is 28.4 Å². The fourth-order valence-electron chi connectivity index (χ4n) is 4.45. The summed E-state index contributed by atoms with van der Waals surface area (Å²) in [6.45, 7) is 6.84. The highest BCUT2D eigenvalue weighted by molar-refractivity contribution is 6.01. The number of para-hydroxylation sites is 1. The van der Waals surface area contributed by atoms with E-state index < -0.39 is 0 Å². The summed E-state index contributed by atoms with van der Waals surface area (Å²) in [4.78, 5) is 22.2. The van der Waals surface area contributed by atoms with Crippen molar-refractivity contribution in [1.29, 1.82) is 0 Å². The molecule has 0 radical (unpaired) electrons. The number of nitrogens with one attached hydrogen (secondary N) is 1. The molecule has 4 heterocycles. The molecule has 0 saturated heterocycles. The lowest BCUT2D eigenvalue weighted by Gasteiger charge is -2.28. The van der Waals surface area contributed by atoms with Gasteiger partial charge >= 0.3 is 0 Å². The molecule has 1 amide bonds. The van der Waals surface area contributed by atoms with Crippen LogP contribution in [-0.4, -0.2) is 37.7 Å². The molecule has 1 aromatic carbocycles. The van der Waals surface area contributed by atoms with Crippen molar-refractivity contribution in [2.24, 2.45) is 10.9 Å². The third kappa shape index (κ3) is 3.91. The van der Waals surface area contributed by atoms with Gasteiger partial charge in [0.1, 0.15) is 5.82 Å². The lowest BCUT2D eigenvalue weighted by Crippen LogP contribution is -2.29. The molecule has 166 valence electrons. The van der Waals surface area contributed by atoms with Crippen LogP contribution in [0.5, 0.6) is 0 Å². The first-order valence-electron chi connectivity index (χ1n) is 11.2. The van der Waals surface area contributed by atoms with E-state index in [1.807, 2.05) is 41.8 Å². The number of carbonyl (C=O) groups excluding carboxylic acids is 1. The number of amides is 1. The first-order chi connectivity index (χ1) is 16.0. The average Bonchev–Trinajstić information content (AvgIpc) is 3.22. The van der Waals surface area contributed by atoms with Gasteiger partial charge in [-0.25, -0.2) is 0 Å². The molecule has 0 aliphatic carbocycles. The Bertz CT molecular complexity index is 1360. The smallest absolute Gasteiger partial charge is 0.255 e. The first kappa shape index (κ1) is 21.0. The van der Waals surface area contributed by atoms with Crippen LogP contribution >= 0.6 is 0 Å². The van der Waals surface area contributed by atoms with E-state index in [1.54, 1.807) is 12.4 Å². The highest BCUT2D eigenvalue weighted by atomic mass is 16.1. The number of pyridine rings is 2. The highest BCUT2D eigenvalue weighted by Crippen LogP contribution is 2.38. The van der Waals surface area contributed by atoms with Crippen molar-refractivity contribution in [3.63, 3.8) is 0 Å². The number of aliphatic imine (C=N–C) groups is 1. The van der Waals surface area contributed by atoms with Crippen LogP contribution in [0, 0.1) is 12.8 Å². The Morgan fingerprint density at radius 2 is 1.82 bits per heavy atom. The standard InChI is InChI=1S/C26H26N6O/c1-16-17(2)23(29-24-7-5-4-6-21(16)24)10-13-28-26(33)22-14-20(19-8-11-27-12-9-19)15-32-18(3)30-31-25(22)32/h4-9,11-12,14-17H,10,13H2,1-3H3,(H,28,33). The predicted molar refractivity (Wildman–Crippen MR) is 129 cm³/mol. The number of carbonyl (C=O) groups is 1. The van der Waals surface area contributed by atoms with Crippen LogP contribution in [0.3, 0.4) is 0 Å². The van der Waals surface area contributed by atoms with E-state index in [1.165, 1.54) is 5.56 Å². The van der Waals surface area contributed by atoms with Gasteiger partial charge in [0.2, 0.25) is 0 Å². The minimum Gasteiger partial charge on any atom is -0.352 e. The van der Waals surface area contributed by atoms with Gasteiger partial charge in [0.05, 0.1) is 11.3 Å². The third-order valence-electron chi connectivity index (χ3n) is 6.57. The third-order valence-corrected chi connectivity index (χ3v) is 6.57. The van der Waals surface area contributed by atoms with Gasteiger partial charge in [0.25, 0.3) is 5.91 Å². The van der Waals surface area contributed by atoms with E-state index in [4.69, 9.17) is 4.99 Å². The Kier molecular flexibility index (Phi) is 5.46. The maximum absolute atomic E-state index is 13.2. The molecule has 33 heavy (non-hydrogen) atoms. The van der Waals surface area contributed by atoms with Crippen LogP contribution in [0.4, 0.5) is 5.69 Å². The van der Waals surface area contributed by atoms with Gasteiger partial charge in [-0.2, -0.15) is 0 Å². The molecule has 0 fully saturated rings. The van der Waals surface area contributed by atoms with Gasteiger partial charge in [0, 0.05) is 43.2 Å². The second-order valence-corrected chi connectivity index (χ2v) is 8.56. The number of nitrogens with zero attached hydrogens (tertiary/aromatic N) is 5. The van der Waals surface area contributed by atoms with Crippen molar-refractivity contribution in [2.75, 3.05) is 6.54 Å². The fraction of sp³-hybridized carbons (Fsp3) is 0.269. The summed E-state index contributed by atoms with van der Waals surface area (Å²) in [6.07, 6.45) is 6.14. The Labute approximate surface area is 192 Å². The van der Waals surface area contributed by atoms with Crippen molar-refractivity contribution in [3.05, 3.63) is 78.0 Å². The number of hydrogen-bond acceptors (Lipinski definition) is 5. The van der Waals surface area contributed by atoms with Gasteiger partial charge in [-0.05, 0) is 53.8 Å². The van der Waals surface area contributed by atoms with Crippen molar-refractivity contribution in [2.45, 2.75) is 33.1 Å². The first-order valence-corrected chi connectivity index (χ1v) is 11.2. The Hall–Kier alpha value is -3.87. The normalized spacial score (nSPS) is 17.5. The maximum atomic E-state index is 13.2. The maximum Gasteiger partial charge on any atom is 0.255 e. The van der Waals surface area contributed by atoms with Crippen molar-refractivity contribution in [3.8, 4) is 11.1 Å². The van der Waals surface area contributed by atoms with Gasteiger partial charge in [0.15, 0.2) is 5.65 Å². The van der Waals surface area contributed by atoms with Crippen LogP contribution in [0.15, 0.2) is 66.0 Å². The summed E-state index contributed by atoms with van der Waals surface area (Å²) in [6, 6.07) is 14.0. The van der Waals surface area contributed by atoms with Gasteiger partial charge < -0.3 is 5.32 Å². The summed E-state index contributed by atoms with van der Waals surface area (Å²) >= 11 is 0. The molecular weight excluding hydrogens is 412 g/mol. The molecule has 0 spiro atoms. The minimum absolute atomic E-state index is 0.166. The minimum atomic E-state index is -0.166. The Morgan fingerprint density at radius 3 is 2.64 bits per heavy atom. The molecule has 5 rings (SSSR count). The SMILES string of the molecule is Cc1nnc2c(C(=O)NCCC3=Nc4ccccc4C(C)C3C)cc(-c3ccncc3)cn12. The van der Waals surface area contributed by atoms with E-state index in [0.29, 0.717) is 36.0 Å². The number of aromatic nitrogens is 4. The molecule has 7 nitrogen and oxygen atoms in total. The molecule has 7 heteroatoms. The zero-order valence-electron chi connectivity index (χ0n) is 19.0. The van der Waals surface area contributed by atoms with E-state index in [-0.39, 0.29) is 5.91 Å². The number of rotatable bonds is 5. The van der Waals surface area contributed by atoms with Crippen molar-refractivity contribution >= 4 is 23.0 Å². The van der Waals surface area contributed by atoms with E-state index in [9.17, 15) is 4.79 Å². The van der Waals surface area contributed by atoms with Crippen LogP contribution < -0.4 is 5.32 Å². The van der Waals surface area contributed by atoms with Gasteiger partial charge in [-0.15, -0.1) is 10.2 Å². The van der Waals surface area contributed by atoms with E-state index >= 15 is 0 Å². The molecule has 1 aliphatic rings. The van der Waals surface area contributed by atoms with Crippen LogP contribution in [0.25, 0.3) is 16.8 Å². The monoisotopic (exact) mass is 438 g/mol. The average molecular weight is 439 g/mol. The number of aryl methyl sites for hydroxylation is 1. The van der Waals surface area contributed by atoms with Crippen molar-refractivity contribution in [1.82, 2.24) is 24.9 Å². The number of hydrogen-bond donors (Lipinski definition) is 1. The summed E-state index contributed by atoms with van der Waals surface area (Å²) in [5, 5.41) is 11.5. The molecule has 4 aromatic rings.